The molecule has 66 valence electrons. The van der Waals surface area contributed by atoms with Crippen LogP contribution in [-0.4, -0.2) is 12.7 Å². The van der Waals surface area contributed by atoms with Gasteiger partial charge in [-0.05, 0) is 18.8 Å². The Labute approximate surface area is 70.1 Å². The van der Waals surface area contributed by atoms with Crippen LogP contribution in [0.2, 0.25) is 0 Å². The molecular weight excluding hydrogens is 136 g/mol. The van der Waals surface area contributed by atoms with Crippen molar-refractivity contribution in [2.45, 2.75) is 52.1 Å². The first kappa shape index (κ1) is 9.05. The minimum atomic E-state index is 0.617. The fourth-order valence-electron chi connectivity index (χ4n) is 1.74. The van der Waals surface area contributed by atoms with Gasteiger partial charge in [-0.1, -0.05) is 33.1 Å². The smallest absolute Gasteiger partial charge is 0.0599 e. The van der Waals surface area contributed by atoms with Gasteiger partial charge >= 0.3 is 0 Å². The van der Waals surface area contributed by atoms with E-state index in [1.54, 1.807) is 0 Å². The molecule has 1 aliphatic rings. The van der Waals surface area contributed by atoms with E-state index in [1.165, 1.54) is 32.1 Å². The molecular formula is C10H20O. The molecule has 0 aromatic carbocycles. The summed E-state index contributed by atoms with van der Waals surface area (Å²) < 4.78 is 5.41. The van der Waals surface area contributed by atoms with Crippen LogP contribution in [0.5, 0.6) is 0 Å². The summed E-state index contributed by atoms with van der Waals surface area (Å²) in [5.74, 6) is 0.922. The summed E-state index contributed by atoms with van der Waals surface area (Å²) in [7, 11) is 0. The van der Waals surface area contributed by atoms with Crippen molar-refractivity contribution in [3.05, 3.63) is 0 Å². The van der Waals surface area contributed by atoms with E-state index in [4.69, 9.17) is 4.74 Å². The summed E-state index contributed by atoms with van der Waals surface area (Å²) >= 11 is 0. The van der Waals surface area contributed by atoms with Crippen molar-refractivity contribution in [3.63, 3.8) is 0 Å². The summed E-state index contributed by atoms with van der Waals surface area (Å²) in [5, 5.41) is 0. The maximum Gasteiger partial charge on any atom is 0.0599 e. The lowest BCUT2D eigenvalue weighted by Crippen LogP contribution is -2.28. The standard InChI is InChI=1S/C10H20O/c1-3-5-9(4-2)8-10-6-7-11-10/h9-10H,3-8H2,1-2H3. The Hall–Kier alpha value is -0.0400. The number of ether oxygens (including phenoxy) is 1. The van der Waals surface area contributed by atoms with E-state index >= 15 is 0 Å². The van der Waals surface area contributed by atoms with Gasteiger partial charge in [0.1, 0.15) is 0 Å². The fraction of sp³-hybridized carbons (Fsp3) is 1.00. The second-order valence-electron chi connectivity index (χ2n) is 3.58. The molecule has 1 heteroatoms. The molecule has 2 unspecified atom stereocenters. The predicted molar refractivity (Wildman–Crippen MR) is 47.7 cm³/mol. The summed E-state index contributed by atoms with van der Waals surface area (Å²) in [6.07, 6.45) is 7.27. The van der Waals surface area contributed by atoms with Crippen molar-refractivity contribution in [2.24, 2.45) is 5.92 Å². The first-order valence-corrected chi connectivity index (χ1v) is 4.98. The summed E-state index contributed by atoms with van der Waals surface area (Å²) in [5.41, 5.74) is 0. The maximum atomic E-state index is 5.41. The highest BCUT2D eigenvalue weighted by molar-refractivity contribution is 4.70. The molecule has 0 saturated carbocycles. The zero-order valence-electron chi connectivity index (χ0n) is 7.81. The van der Waals surface area contributed by atoms with Crippen molar-refractivity contribution in [3.8, 4) is 0 Å². The van der Waals surface area contributed by atoms with Gasteiger partial charge in [-0.15, -0.1) is 0 Å². The second kappa shape index (κ2) is 4.76. The molecule has 0 bridgehead atoms. The van der Waals surface area contributed by atoms with Gasteiger partial charge in [-0.25, -0.2) is 0 Å². The second-order valence-corrected chi connectivity index (χ2v) is 3.58. The maximum absolute atomic E-state index is 5.41. The Morgan fingerprint density at radius 3 is 2.55 bits per heavy atom. The average Bonchev–Trinajstić information content (AvgIpc) is 1.94. The lowest BCUT2D eigenvalue weighted by Gasteiger charge is -2.29. The zero-order chi connectivity index (χ0) is 8.10. The minimum absolute atomic E-state index is 0.617. The highest BCUT2D eigenvalue weighted by Gasteiger charge is 2.21. The van der Waals surface area contributed by atoms with E-state index in [0.29, 0.717) is 6.10 Å². The van der Waals surface area contributed by atoms with Gasteiger partial charge in [-0.3, -0.25) is 0 Å². The molecule has 0 aromatic rings. The highest BCUT2D eigenvalue weighted by atomic mass is 16.5. The average molecular weight is 156 g/mol. The molecule has 0 amide bonds. The molecule has 0 radical (unpaired) electrons. The van der Waals surface area contributed by atoms with Crippen LogP contribution in [0, 0.1) is 5.92 Å². The van der Waals surface area contributed by atoms with Crippen LogP contribution in [0.1, 0.15) is 46.0 Å². The van der Waals surface area contributed by atoms with Crippen LogP contribution in [0.4, 0.5) is 0 Å². The third-order valence-corrected chi connectivity index (χ3v) is 2.66. The first-order chi connectivity index (χ1) is 5.36. The van der Waals surface area contributed by atoms with Gasteiger partial charge in [0.15, 0.2) is 0 Å². The summed E-state index contributed by atoms with van der Waals surface area (Å²) in [6, 6.07) is 0. The van der Waals surface area contributed by atoms with Gasteiger partial charge in [0.25, 0.3) is 0 Å². The number of hydrogen-bond acceptors (Lipinski definition) is 1. The third kappa shape index (κ3) is 2.82. The van der Waals surface area contributed by atoms with Crippen LogP contribution in [0.15, 0.2) is 0 Å². The molecule has 0 aliphatic carbocycles. The minimum Gasteiger partial charge on any atom is -0.378 e. The molecule has 1 rings (SSSR count). The van der Waals surface area contributed by atoms with Crippen LogP contribution in [-0.2, 0) is 4.74 Å². The zero-order valence-corrected chi connectivity index (χ0v) is 7.81. The van der Waals surface area contributed by atoms with Crippen molar-refractivity contribution in [2.75, 3.05) is 6.61 Å². The summed E-state index contributed by atoms with van der Waals surface area (Å²) in [6.45, 7) is 5.57. The normalized spacial score (nSPS) is 26.2. The van der Waals surface area contributed by atoms with Gasteiger partial charge in [0, 0.05) is 6.61 Å². The molecule has 0 spiro atoms. The Kier molecular flexibility index (Phi) is 3.92. The molecule has 0 aromatic heterocycles. The first-order valence-electron chi connectivity index (χ1n) is 4.98. The van der Waals surface area contributed by atoms with E-state index < -0.39 is 0 Å². The Morgan fingerprint density at radius 1 is 1.45 bits per heavy atom. The van der Waals surface area contributed by atoms with Crippen molar-refractivity contribution in [1.82, 2.24) is 0 Å². The van der Waals surface area contributed by atoms with Crippen LogP contribution < -0.4 is 0 Å². The molecule has 2 atom stereocenters. The Morgan fingerprint density at radius 2 is 2.18 bits per heavy atom. The van der Waals surface area contributed by atoms with Crippen LogP contribution in [0.3, 0.4) is 0 Å². The summed E-state index contributed by atoms with van der Waals surface area (Å²) in [4.78, 5) is 0. The van der Waals surface area contributed by atoms with E-state index in [0.717, 1.165) is 12.5 Å². The number of hydrogen-bond donors (Lipinski definition) is 0. The SMILES string of the molecule is CCCC(CC)CC1CCO1. The molecule has 1 aliphatic heterocycles. The third-order valence-electron chi connectivity index (χ3n) is 2.66. The molecule has 1 saturated heterocycles. The van der Waals surface area contributed by atoms with E-state index in [2.05, 4.69) is 13.8 Å². The number of rotatable bonds is 5. The van der Waals surface area contributed by atoms with Crippen molar-refractivity contribution < 1.29 is 4.74 Å². The lowest BCUT2D eigenvalue weighted by atomic mass is 9.92. The van der Waals surface area contributed by atoms with Crippen LogP contribution >= 0.6 is 0 Å². The van der Waals surface area contributed by atoms with Gasteiger partial charge in [0.05, 0.1) is 6.10 Å². The molecule has 1 heterocycles. The van der Waals surface area contributed by atoms with Gasteiger partial charge < -0.3 is 4.74 Å². The van der Waals surface area contributed by atoms with Crippen molar-refractivity contribution >= 4 is 0 Å². The van der Waals surface area contributed by atoms with Crippen LogP contribution in [0.25, 0.3) is 0 Å². The molecule has 1 nitrogen and oxygen atoms in total. The van der Waals surface area contributed by atoms with E-state index in [1.807, 2.05) is 0 Å². The topological polar surface area (TPSA) is 9.23 Å². The quantitative estimate of drug-likeness (QED) is 0.594. The van der Waals surface area contributed by atoms with E-state index in [-0.39, 0.29) is 0 Å². The highest BCUT2D eigenvalue weighted by Crippen LogP contribution is 2.24. The molecule has 11 heavy (non-hydrogen) atoms. The predicted octanol–water partition coefficient (Wildman–Crippen LogP) is 2.99. The van der Waals surface area contributed by atoms with Gasteiger partial charge in [0.2, 0.25) is 0 Å². The molecule has 1 fully saturated rings. The fourth-order valence-corrected chi connectivity index (χ4v) is 1.74. The largest absolute Gasteiger partial charge is 0.378 e. The Bertz CT molecular complexity index is 97.0. The van der Waals surface area contributed by atoms with Gasteiger partial charge in [-0.2, -0.15) is 0 Å². The molecule has 0 N–H and O–H groups in total. The Balaban J connectivity index is 2.08. The van der Waals surface area contributed by atoms with Crippen molar-refractivity contribution in [1.29, 1.82) is 0 Å². The van der Waals surface area contributed by atoms with E-state index in [9.17, 15) is 0 Å². The monoisotopic (exact) mass is 156 g/mol. The lowest BCUT2D eigenvalue weighted by molar-refractivity contribution is -0.0635.